The van der Waals surface area contributed by atoms with E-state index < -0.39 is 0 Å². The predicted molar refractivity (Wildman–Crippen MR) is 68.8 cm³/mol. The molecule has 0 aliphatic rings. The molecule has 3 heterocycles. The Morgan fingerprint density at radius 2 is 2.12 bits per heavy atom. The van der Waals surface area contributed by atoms with Crippen molar-refractivity contribution in [1.29, 1.82) is 0 Å². The maximum Gasteiger partial charge on any atom is 0.143 e. The number of fused-ring (bicyclic) bond motifs is 1. The fraction of sp³-hybridized carbons (Fsp3) is 0.167. The summed E-state index contributed by atoms with van der Waals surface area (Å²) >= 11 is 3.47. The van der Waals surface area contributed by atoms with Crippen LogP contribution in [0.4, 0.5) is 0 Å². The summed E-state index contributed by atoms with van der Waals surface area (Å²) in [7, 11) is 0. The number of pyridine rings is 1. The molecule has 3 aromatic heterocycles. The summed E-state index contributed by atoms with van der Waals surface area (Å²) in [4.78, 5) is 7.76. The summed E-state index contributed by atoms with van der Waals surface area (Å²) in [5, 5.41) is 3.95. The second-order valence-corrected chi connectivity index (χ2v) is 4.78. The SMILES string of the molecule is Cc1noc(C)c1-c1ccc2[nH]cc(Br)c2n1. The molecule has 1 N–H and O–H groups in total. The van der Waals surface area contributed by atoms with Gasteiger partial charge in [0, 0.05) is 6.20 Å². The quantitative estimate of drug-likeness (QED) is 0.745. The summed E-state index contributed by atoms with van der Waals surface area (Å²) in [6.45, 7) is 3.82. The third-order valence-corrected chi connectivity index (χ3v) is 3.37. The van der Waals surface area contributed by atoms with Crippen molar-refractivity contribution in [2.45, 2.75) is 13.8 Å². The van der Waals surface area contributed by atoms with E-state index in [-0.39, 0.29) is 0 Å². The Balaban J connectivity index is 2.27. The van der Waals surface area contributed by atoms with Crippen molar-refractivity contribution in [2.24, 2.45) is 0 Å². The largest absolute Gasteiger partial charge is 0.361 e. The first-order valence-corrected chi connectivity index (χ1v) is 6.03. The molecule has 0 saturated carbocycles. The van der Waals surface area contributed by atoms with Crippen LogP contribution in [-0.2, 0) is 0 Å². The average Bonchev–Trinajstić information content (AvgIpc) is 2.84. The second kappa shape index (κ2) is 3.70. The normalized spacial score (nSPS) is 11.2. The first-order chi connectivity index (χ1) is 8.16. The van der Waals surface area contributed by atoms with E-state index in [1.807, 2.05) is 32.2 Å². The Labute approximate surface area is 106 Å². The van der Waals surface area contributed by atoms with Crippen molar-refractivity contribution in [3.63, 3.8) is 0 Å². The van der Waals surface area contributed by atoms with Gasteiger partial charge >= 0.3 is 0 Å². The summed E-state index contributed by atoms with van der Waals surface area (Å²) < 4.78 is 6.12. The number of aromatic nitrogens is 3. The third-order valence-electron chi connectivity index (χ3n) is 2.77. The zero-order valence-corrected chi connectivity index (χ0v) is 11.0. The summed E-state index contributed by atoms with van der Waals surface area (Å²) in [5.41, 5.74) is 4.64. The molecule has 0 spiro atoms. The van der Waals surface area contributed by atoms with Crippen LogP contribution in [0.3, 0.4) is 0 Å². The van der Waals surface area contributed by atoms with Gasteiger partial charge in [0.1, 0.15) is 11.3 Å². The number of hydrogen-bond acceptors (Lipinski definition) is 3. The van der Waals surface area contributed by atoms with Crippen LogP contribution in [0.2, 0.25) is 0 Å². The Hall–Kier alpha value is -1.62. The Morgan fingerprint density at radius 3 is 2.82 bits per heavy atom. The molecule has 0 aliphatic heterocycles. The molecule has 3 aromatic rings. The van der Waals surface area contributed by atoms with E-state index in [4.69, 9.17) is 4.52 Å². The molecule has 86 valence electrons. The molecule has 0 saturated heterocycles. The van der Waals surface area contributed by atoms with Crippen LogP contribution in [0.5, 0.6) is 0 Å². The fourth-order valence-corrected chi connectivity index (χ4v) is 2.37. The van der Waals surface area contributed by atoms with E-state index in [2.05, 4.69) is 31.1 Å². The minimum Gasteiger partial charge on any atom is -0.361 e. The number of H-pyrrole nitrogens is 1. The first-order valence-electron chi connectivity index (χ1n) is 5.23. The zero-order chi connectivity index (χ0) is 12.0. The highest BCUT2D eigenvalue weighted by molar-refractivity contribution is 9.10. The molecule has 0 aromatic carbocycles. The van der Waals surface area contributed by atoms with Crippen molar-refractivity contribution in [2.75, 3.05) is 0 Å². The number of rotatable bonds is 1. The van der Waals surface area contributed by atoms with Gasteiger partial charge in [-0.3, -0.25) is 0 Å². The number of halogens is 1. The fourth-order valence-electron chi connectivity index (χ4n) is 1.96. The standard InChI is InChI=1S/C12H10BrN3O/c1-6-11(7(2)17-16-6)9-3-4-10-12(15-9)8(13)5-14-10/h3-5,14H,1-2H3. The summed E-state index contributed by atoms with van der Waals surface area (Å²) in [5.74, 6) is 0.793. The third kappa shape index (κ3) is 1.58. The zero-order valence-electron chi connectivity index (χ0n) is 9.41. The molecular weight excluding hydrogens is 282 g/mol. The average molecular weight is 292 g/mol. The molecule has 0 radical (unpaired) electrons. The summed E-state index contributed by atoms with van der Waals surface area (Å²) in [6, 6.07) is 3.98. The van der Waals surface area contributed by atoms with Gasteiger partial charge < -0.3 is 9.51 Å². The van der Waals surface area contributed by atoms with E-state index in [1.54, 1.807) is 0 Å². The van der Waals surface area contributed by atoms with Crippen molar-refractivity contribution in [1.82, 2.24) is 15.1 Å². The number of hydrogen-bond donors (Lipinski definition) is 1. The monoisotopic (exact) mass is 291 g/mol. The predicted octanol–water partition coefficient (Wildman–Crippen LogP) is 3.60. The number of nitrogens with zero attached hydrogens (tertiary/aromatic N) is 2. The van der Waals surface area contributed by atoms with Gasteiger partial charge in [-0.1, -0.05) is 5.16 Å². The number of nitrogens with one attached hydrogen (secondary N) is 1. The molecule has 0 bridgehead atoms. The second-order valence-electron chi connectivity index (χ2n) is 3.93. The highest BCUT2D eigenvalue weighted by Gasteiger charge is 2.14. The number of aryl methyl sites for hydroxylation is 2. The van der Waals surface area contributed by atoms with Crippen LogP contribution in [0.25, 0.3) is 22.3 Å². The minimum atomic E-state index is 0.793. The van der Waals surface area contributed by atoms with Gasteiger partial charge in [-0.15, -0.1) is 0 Å². The topological polar surface area (TPSA) is 54.7 Å². The van der Waals surface area contributed by atoms with Crippen LogP contribution in [0, 0.1) is 13.8 Å². The maximum atomic E-state index is 5.16. The van der Waals surface area contributed by atoms with Crippen LogP contribution in [0.1, 0.15) is 11.5 Å². The van der Waals surface area contributed by atoms with Crippen molar-refractivity contribution in [3.05, 3.63) is 34.3 Å². The highest BCUT2D eigenvalue weighted by atomic mass is 79.9. The van der Waals surface area contributed by atoms with Crippen molar-refractivity contribution < 1.29 is 4.52 Å². The molecule has 0 amide bonds. The molecule has 0 aliphatic carbocycles. The van der Waals surface area contributed by atoms with Gasteiger partial charge in [0.05, 0.1) is 26.9 Å². The molecule has 5 heteroatoms. The van der Waals surface area contributed by atoms with Gasteiger partial charge in [0.25, 0.3) is 0 Å². The smallest absolute Gasteiger partial charge is 0.143 e. The van der Waals surface area contributed by atoms with E-state index in [1.165, 1.54) is 0 Å². The molecule has 0 unspecified atom stereocenters. The van der Waals surface area contributed by atoms with Crippen LogP contribution < -0.4 is 0 Å². The van der Waals surface area contributed by atoms with Crippen LogP contribution in [0.15, 0.2) is 27.3 Å². The molecule has 4 nitrogen and oxygen atoms in total. The van der Waals surface area contributed by atoms with Gasteiger partial charge in [-0.25, -0.2) is 4.98 Å². The first kappa shape index (κ1) is 10.5. The van der Waals surface area contributed by atoms with E-state index >= 15 is 0 Å². The lowest BCUT2D eigenvalue weighted by Gasteiger charge is -1.99. The van der Waals surface area contributed by atoms with Crippen molar-refractivity contribution >= 4 is 27.0 Å². The van der Waals surface area contributed by atoms with Gasteiger partial charge in [-0.2, -0.15) is 0 Å². The van der Waals surface area contributed by atoms with E-state index in [0.29, 0.717) is 0 Å². The highest BCUT2D eigenvalue weighted by Crippen LogP contribution is 2.29. The van der Waals surface area contributed by atoms with Gasteiger partial charge in [0.15, 0.2) is 0 Å². The lowest BCUT2D eigenvalue weighted by atomic mass is 10.1. The number of aromatic amines is 1. The van der Waals surface area contributed by atoms with E-state index in [9.17, 15) is 0 Å². The van der Waals surface area contributed by atoms with Gasteiger partial charge in [-0.05, 0) is 41.9 Å². The molecule has 17 heavy (non-hydrogen) atoms. The molecular formula is C12H10BrN3O. The Kier molecular flexibility index (Phi) is 2.29. The minimum absolute atomic E-state index is 0.793. The molecule has 0 fully saturated rings. The van der Waals surface area contributed by atoms with Crippen LogP contribution in [-0.4, -0.2) is 15.1 Å². The lowest BCUT2D eigenvalue weighted by Crippen LogP contribution is -1.86. The Morgan fingerprint density at radius 1 is 1.29 bits per heavy atom. The van der Waals surface area contributed by atoms with Crippen LogP contribution >= 0.6 is 15.9 Å². The summed E-state index contributed by atoms with van der Waals surface area (Å²) in [6.07, 6.45) is 1.88. The lowest BCUT2D eigenvalue weighted by molar-refractivity contribution is 0.393. The van der Waals surface area contributed by atoms with E-state index in [0.717, 1.165) is 38.2 Å². The molecule has 3 rings (SSSR count). The molecule has 0 atom stereocenters. The maximum absolute atomic E-state index is 5.16. The van der Waals surface area contributed by atoms with Crippen molar-refractivity contribution in [3.8, 4) is 11.3 Å². The van der Waals surface area contributed by atoms with Gasteiger partial charge in [0.2, 0.25) is 0 Å². The Bertz CT molecular complexity index is 679.